The number of nitrogens with one attached hydrogen (secondary N) is 1. The number of aryl methyl sites for hydroxylation is 1. The fourth-order valence-electron chi connectivity index (χ4n) is 2.32. The Balaban J connectivity index is 2.16. The second-order valence-electron chi connectivity index (χ2n) is 5.09. The molecule has 1 aliphatic heterocycles. The summed E-state index contributed by atoms with van der Waals surface area (Å²) in [5.41, 5.74) is 1.51. The number of halogens is 1. The molecular formula is C13H19BrN2O3S. The summed E-state index contributed by atoms with van der Waals surface area (Å²) < 4.78 is 29.6. The van der Waals surface area contributed by atoms with Gasteiger partial charge < -0.3 is 5.11 Å². The smallest absolute Gasteiger partial charge is 0.301 e. The second-order valence-corrected chi connectivity index (χ2v) is 7.56. The van der Waals surface area contributed by atoms with Crippen LogP contribution in [0.5, 0.6) is 0 Å². The van der Waals surface area contributed by atoms with E-state index in [0.717, 1.165) is 22.9 Å². The number of aliphatic hydroxyl groups excluding tert-OH is 1. The molecule has 0 spiro atoms. The average Bonchev–Trinajstić information content (AvgIpc) is 2.44. The van der Waals surface area contributed by atoms with Crippen molar-refractivity contribution in [1.82, 2.24) is 4.31 Å². The molecule has 1 aromatic rings. The lowest BCUT2D eigenvalue weighted by atomic mass is 10.0. The van der Waals surface area contributed by atoms with E-state index in [4.69, 9.17) is 0 Å². The van der Waals surface area contributed by atoms with Crippen LogP contribution in [0, 0.1) is 12.8 Å². The summed E-state index contributed by atoms with van der Waals surface area (Å²) in [7, 11) is -3.58. The van der Waals surface area contributed by atoms with Crippen molar-refractivity contribution in [3.63, 3.8) is 0 Å². The van der Waals surface area contributed by atoms with E-state index in [1.165, 1.54) is 4.31 Å². The molecule has 1 aliphatic rings. The molecule has 112 valence electrons. The topological polar surface area (TPSA) is 69.6 Å². The van der Waals surface area contributed by atoms with Gasteiger partial charge in [-0.15, -0.1) is 0 Å². The summed E-state index contributed by atoms with van der Waals surface area (Å²) in [6.45, 7) is 2.80. The Labute approximate surface area is 128 Å². The maximum absolute atomic E-state index is 12.4. The zero-order valence-electron chi connectivity index (χ0n) is 11.3. The first-order valence-electron chi connectivity index (χ1n) is 6.58. The fraction of sp³-hybridized carbons (Fsp3) is 0.538. The molecular weight excluding hydrogens is 344 g/mol. The molecule has 1 aromatic carbocycles. The third-order valence-corrected chi connectivity index (χ3v) is 6.05. The quantitative estimate of drug-likeness (QED) is 0.861. The van der Waals surface area contributed by atoms with Crippen LogP contribution in [0.4, 0.5) is 5.69 Å². The minimum Gasteiger partial charge on any atom is -0.396 e. The summed E-state index contributed by atoms with van der Waals surface area (Å²) in [5.74, 6) is 0.0290. The predicted molar refractivity (Wildman–Crippen MR) is 82.8 cm³/mol. The van der Waals surface area contributed by atoms with Crippen LogP contribution in [0.1, 0.15) is 18.4 Å². The van der Waals surface area contributed by atoms with Crippen LogP contribution >= 0.6 is 15.9 Å². The van der Waals surface area contributed by atoms with Gasteiger partial charge in [0.25, 0.3) is 0 Å². The maximum Gasteiger partial charge on any atom is 0.301 e. The minimum absolute atomic E-state index is 0.0279. The highest BCUT2D eigenvalue weighted by atomic mass is 79.9. The highest BCUT2D eigenvalue weighted by Gasteiger charge is 2.28. The molecule has 1 saturated heterocycles. The van der Waals surface area contributed by atoms with E-state index >= 15 is 0 Å². The van der Waals surface area contributed by atoms with E-state index in [-0.39, 0.29) is 12.5 Å². The molecule has 0 aromatic heterocycles. The molecule has 20 heavy (non-hydrogen) atoms. The number of hydrogen-bond donors (Lipinski definition) is 2. The predicted octanol–water partition coefficient (Wildman–Crippen LogP) is 2.12. The van der Waals surface area contributed by atoms with Gasteiger partial charge in [0.1, 0.15) is 0 Å². The number of anilines is 1. The number of rotatable bonds is 4. The van der Waals surface area contributed by atoms with Gasteiger partial charge >= 0.3 is 10.2 Å². The largest absolute Gasteiger partial charge is 0.396 e. The number of piperidine rings is 1. The van der Waals surface area contributed by atoms with Crippen molar-refractivity contribution in [2.45, 2.75) is 19.8 Å². The number of aliphatic hydroxyl groups is 1. The Morgan fingerprint density at radius 3 is 2.95 bits per heavy atom. The molecule has 2 rings (SSSR count). The lowest BCUT2D eigenvalue weighted by molar-refractivity contribution is 0.166. The van der Waals surface area contributed by atoms with Gasteiger partial charge in [0.15, 0.2) is 0 Å². The first-order chi connectivity index (χ1) is 9.44. The first-order valence-corrected chi connectivity index (χ1v) is 8.81. The van der Waals surface area contributed by atoms with E-state index in [2.05, 4.69) is 20.7 Å². The second kappa shape index (κ2) is 6.43. The summed E-state index contributed by atoms with van der Waals surface area (Å²) in [6.07, 6.45) is 1.65. The van der Waals surface area contributed by atoms with Crippen molar-refractivity contribution in [3.8, 4) is 0 Å². The zero-order chi connectivity index (χ0) is 14.8. The molecule has 5 nitrogen and oxygen atoms in total. The normalized spacial score (nSPS) is 20.9. The van der Waals surface area contributed by atoms with Crippen LogP contribution in [0.3, 0.4) is 0 Å². The Morgan fingerprint density at radius 2 is 2.25 bits per heavy atom. The molecule has 2 N–H and O–H groups in total. The van der Waals surface area contributed by atoms with E-state index in [0.29, 0.717) is 18.8 Å². The number of benzene rings is 1. The van der Waals surface area contributed by atoms with Crippen molar-refractivity contribution in [3.05, 3.63) is 28.2 Å². The molecule has 1 fully saturated rings. The molecule has 7 heteroatoms. The number of nitrogens with zero attached hydrogens (tertiary/aromatic N) is 1. The molecule has 1 heterocycles. The van der Waals surface area contributed by atoms with Crippen molar-refractivity contribution in [2.75, 3.05) is 24.4 Å². The van der Waals surface area contributed by atoms with Crippen LogP contribution in [0.15, 0.2) is 22.7 Å². The summed E-state index contributed by atoms with van der Waals surface area (Å²) in [6, 6.07) is 5.44. The highest BCUT2D eigenvalue weighted by molar-refractivity contribution is 9.10. The van der Waals surface area contributed by atoms with E-state index in [1.54, 1.807) is 6.07 Å². The lowest BCUT2D eigenvalue weighted by Gasteiger charge is -2.31. The fourth-order valence-corrected chi connectivity index (χ4v) is 4.17. The van der Waals surface area contributed by atoms with Gasteiger partial charge in [0, 0.05) is 24.2 Å². The van der Waals surface area contributed by atoms with Gasteiger partial charge in [-0.2, -0.15) is 12.7 Å². The summed E-state index contributed by atoms with van der Waals surface area (Å²) in [4.78, 5) is 0. The average molecular weight is 363 g/mol. The standard InChI is InChI=1S/C13H19BrN2O3S/c1-10-4-2-6-12(13(10)14)15-20(18,19)16-7-3-5-11(8-16)9-17/h2,4,6,11,15,17H,3,5,7-9H2,1H3. The Bertz CT molecular complexity index is 577. The Kier molecular flexibility index (Phi) is 5.06. The molecule has 0 aliphatic carbocycles. The summed E-state index contributed by atoms with van der Waals surface area (Å²) in [5, 5.41) is 9.20. The lowest BCUT2D eigenvalue weighted by Crippen LogP contribution is -2.43. The molecule has 0 saturated carbocycles. The van der Waals surface area contributed by atoms with Crippen molar-refractivity contribution < 1.29 is 13.5 Å². The molecule has 1 unspecified atom stereocenters. The zero-order valence-corrected chi connectivity index (χ0v) is 13.7. The molecule has 0 radical (unpaired) electrons. The van der Waals surface area contributed by atoms with Crippen LogP contribution in [-0.2, 0) is 10.2 Å². The van der Waals surface area contributed by atoms with Crippen molar-refractivity contribution in [1.29, 1.82) is 0 Å². The van der Waals surface area contributed by atoms with E-state index in [1.807, 2.05) is 19.1 Å². The first kappa shape index (κ1) is 15.8. The van der Waals surface area contributed by atoms with Gasteiger partial charge in [0.2, 0.25) is 0 Å². The maximum atomic E-state index is 12.4. The van der Waals surface area contributed by atoms with Crippen LogP contribution in [0.2, 0.25) is 0 Å². The van der Waals surface area contributed by atoms with Gasteiger partial charge in [-0.25, -0.2) is 0 Å². The van der Waals surface area contributed by atoms with Gasteiger partial charge in [0.05, 0.1) is 5.69 Å². The Morgan fingerprint density at radius 1 is 1.50 bits per heavy atom. The third kappa shape index (κ3) is 3.52. The molecule has 1 atom stereocenters. The van der Waals surface area contributed by atoms with Gasteiger partial charge in [-0.05, 0) is 53.2 Å². The van der Waals surface area contributed by atoms with Crippen LogP contribution in [-0.4, -0.2) is 37.5 Å². The monoisotopic (exact) mass is 362 g/mol. The van der Waals surface area contributed by atoms with Crippen LogP contribution < -0.4 is 4.72 Å². The SMILES string of the molecule is Cc1cccc(NS(=O)(=O)N2CCCC(CO)C2)c1Br. The number of hydrogen-bond acceptors (Lipinski definition) is 3. The van der Waals surface area contributed by atoms with Gasteiger partial charge in [-0.3, -0.25) is 4.72 Å². The minimum atomic E-state index is -3.58. The summed E-state index contributed by atoms with van der Waals surface area (Å²) >= 11 is 3.40. The molecule has 0 bridgehead atoms. The van der Waals surface area contributed by atoms with Gasteiger partial charge in [-0.1, -0.05) is 12.1 Å². The van der Waals surface area contributed by atoms with E-state index in [9.17, 15) is 13.5 Å². The van der Waals surface area contributed by atoms with Crippen molar-refractivity contribution >= 4 is 31.8 Å². The van der Waals surface area contributed by atoms with Crippen LogP contribution in [0.25, 0.3) is 0 Å². The third-order valence-electron chi connectivity index (χ3n) is 3.51. The molecule has 0 amide bonds. The van der Waals surface area contributed by atoms with E-state index < -0.39 is 10.2 Å². The van der Waals surface area contributed by atoms with Crippen molar-refractivity contribution in [2.24, 2.45) is 5.92 Å². The Hall–Kier alpha value is -0.630. The highest BCUT2D eigenvalue weighted by Crippen LogP contribution is 2.28.